The van der Waals surface area contributed by atoms with Gasteiger partial charge in [0.1, 0.15) is 0 Å². The summed E-state index contributed by atoms with van der Waals surface area (Å²) >= 11 is 1.97. The molecule has 1 aliphatic rings. The lowest BCUT2D eigenvalue weighted by molar-refractivity contribution is 0.501. The van der Waals surface area contributed by atoms with E-state index < -0.39 is 0 Å². The predicted molar refractivity (Wildman–Crippen MR) is 67.4 cm³/mol. The SMILES string of the molecule is CC(C)CCNC1CSc2ccccc21. The summed E-state index contributed by atoms with van der Waals surface area (Å²) in [5.74, 6) is 1.99. The van der Waals surface area contributed by atoms with Gasteiger partial charge in [0.2, 0.25) is 0 Å². The summed E-state index contributed by atoms with van der Waals surface area (Å²) in [7, 11) is 0. The summed E-state index contributed by atoms with van der Waals surface area (Å²) in [6.07, 6.45) is 1.27. The Morgan fingerprint density at radius 3 is 3.00 bits per heavy atom. The molecule has 0 saturated carbocycles. The van der Waals surface area contributed by atoms with Gasteiger partial charge in [-0.2, -0.15) is 0 Å². The van der Waals surface area contributed by atoms with Crippen LogP contribution >= 0.6 is 11.8 Å². The van der Waals surface area contributed by atoms with Crippen LogP contribution in [0.15, 0.2) is 29.2 Å². The Balaban J connectivity index is 1.90. The minimum absolute atomic E-state index is 0.574. The molecule has 0 spiro atoms. The average molecular weight is 221 g/mol. The molecule has 0 aliphatic carbocycles. The Morgan fingerprint density at radius 2 is 2.20 bits per heavy atom. The number of hydrogen-bond acceptors (Lipinski definition) is 2. The van der Waals surface area contributed by atoms with Crippen molar-refractivity contribution in [1.29, 1.82) is 0 Å². The van der Waals surface area contributed by atoms with Crippen LogP contribution in [0.25, 0.3) is 0 Å². The molecule has 1 unspecified atom stereocenters. The van der Waals surface area contributed by atoms with E-state index in [1.54, 1.807) is 0 Å². The van der Waals surface area contributed by atoms with Crippen molar-refractivity contribution in [2.45, 2.75) is 31.2 Å². The first-order valence-corrected chi connectivity index (χ1v) is 6.71. The maximum absolute atomic E-state index is 3.65. The standard InChI is InChI=1S/C13H19NS/c1-10(2)7-8-14-12-9-15-13-6-4-3-5-11(12)13/h3-6,10,12,14H,7-9H2,1-2H3. The van der Waals surface area contributed by atoms with E-state index in [9.17, 15) is 0 Å². The van der Waals surface area contributed by atoms with E-state index in [1.807, 2.05) is 11.8 Å². The van der Waals surface area contributed by atoms with Gasteiger partial charge in [-0.3, -0.25) is 0 Å². The summed E-state index contributed by atoms with van der Waals surface area (Å²) in [6, 6.07) is 9.32. The van der Waals surface area contributed by atoms with E-state index in [-0.39, 0.29) is 0 Å². The fourth-order valence-electron chi connectivity index (χ4n) is 1.88. The van der Waals surface area contributed by atoms with Gasteiger partial charge >= 0.3 is 0 Å². The molecule has 0 amide bonds. The lowest BCUT2D eigenvalue weighted by Crippen LogP contribution is -2.23. The monoisotopic (exact) mass is 221 g/mol. The largest absolute Gasteiger partial charge is 0.309 e. The molecule has 0 aromatic heterocycles. The van der Waals surface area contributed by atoms with Gasteiger partial charge in [0, 0.05) is 16.7 Å². The summed E-state index contributed by atoms with van der Waals surface area (Å²) in [4.78, 5) is 1.46. The van der Waals surface area contributed by atoms with Crippen LogP contribution in [0.1, 0.15) is 31.9 Å². The van der Waals surface area contributed by atoms with Crippen molar-refractivity contribution in [2.75, 3.05) is 12.3 Å². The highest BCUT2D eigenvalue weighted by atomic mass is 32.2. The quantitative estimate of drug-likeness (QED) is 0.835. The lowest BCUT2D eigenvalue weighted by atomic mass is 10.1. The molecular weight excluding hydrogens is 202 g/mol. The fourth-order valence-corrected chi connectivity index (χ4v) is 3.07. The van der Waals surface area contributed by atoms with Crippen LogP contribution in [-0.4, -0.2) is 12.3 Å². The van der Waals surface area contributed by atoms with Crippen molar-refractivity contribution in [3.8, 4) is 0 Å². The third-order valence-electron chi connectivity index (χ3n) is 2.81. The van der Waals surface area contributed by atoms with Crippen molar-refractivity contribution in [1.82, 2.24) is 5.32 Å². The second-order valence-electron chi connectivity index (χ2n) is 4.54. The molecule has 1 nitrogen and oxygen atoms in total. The van der Waals surface area contributed by atoms with Gasteiger partial charge < -0.3 is 5.32 Å². The van der Waals surface area contributed by atoms with Crippen LogP contribution in [-0.2, 0) is 0 Å². The topological polar surface area (TPSA) is 12.0 Å². The third kappa shape index (κ3) is 2.76. The number of fused-ring (bicyclic) bond motifs is 1. The second kappa shape index (κ2) is 5.04. The zero-order valence-corrected chi connectivity index (χ0v) is 10.3. The molecule has 0 radical (unpaired) electrons. The van der Waals surface area contributed by atoms with E-state index in [2.05, 4.69) is 43.4 Å². The highest BCUT2D eigenvalue weighted by molar-refractivity contribution is 7.99. The molecule has 0 bridgehead atoms. The van der Waals surface area contributed by atoms with Crippen molar-refractivity contribution >= 4 is 11.8 Å². The van der Waals surface area contributed by atoms with Gasteiger partial charge in [0.05, 0.1) is 0 Å². The maximum Gasteiger partial charge on any atom is 0.0426 e. The number of rotatable bonds is 4. The molecule has 1 N–H and O–H groups in total. The number of hydrogen-bond donors (Lipinski definition) is 1. The van der Waals surface area contributed by atoms with Gasteiger partial charge in [0.25, 0.3) is 0 Å². The minimum atomic E-state index is 0.574. The molecule has 0 fully saturated rings. The molecule has 1 aliphatic heterocycles. The average Bonchev–Trinajstić information content (AvgIpc) is 2.62. The zero-order chi connectivity index (χ0) is 10.7. The first kappa shape index (κ1) is 11.0. The number of thioether (sulfide) groups is 1. The molecule has 2 heteroatoms. The summed E-state index contributed by atoms with van der Waals surface area (Å²) in [6.45, 7) is 5.69. The van der Waals surface area contributed by atoms with Crippen molar-refractivity contribution in [2.24, 2.45) is 5.92 Å². The van der Waals surface area contributed by atoms with Crippen LogP contribution in [0.3, 0.4) is 0 Å². The van der Waals surface area contributed by atoms with Crippen LogP contribution in [0.2, 0.25) is 0 Å². The van der Waals surface area contributed by atoms with Crippen LogP contribution in [0, 0.1) is 5.92 Å². The van der Waals surface area contributed by atoms with Gasteiger partial charge in [-0.1, -0.05) is 32.0 Å². The molecule has 1 atom stereocenters. The van der Waals surface area contributed by atoms with E-state index in [0.29, 0.717) is 6.04 Å². The molecule has 2 rings (SSSR count). The third-order valence-corrected chi connectivity index (χ3v) is 4.00. The Hall–Kier alpha value is -0.470. The number of benzene rings is 1. The first-order chi connectivity index (χ1) is 7.27. The smallest absolute Gasteiger partial charge is 0.0426 e. The Labute approximate surface area is 96.7 Å². The van der Waals surface area contributed by atoms with Gasteiger partial charge in [-0.15, -0.1) is 11.8 Å². The van der Waals surface area contributed by atoms with Crippen molar-refractivity contribution in [3.05, 3.63) is 29.8 Å². The second-order valence-corrected chi connectivity index (χ2v) is 5.60. The Bertz CT molecular complexity index is 322. The van der Waals surface area contributed by atoms with Gasteiger partial charge in [0.15, 0.2) is 0 Å². The molecular formula is C13H19NS. The first-order valence-electron chi connectivity index (χ1n) is 5.72. The van der Waals surface area contributed by atoms with E-state index >= 15 is 0 Å². The maximum atomic E-state index is 3.65. The van der Waals surface area contributed by atoms with E-state index in [0.717, 1.165) is 12.5 Å². The van der Waals surface area contributed by atoms with E-state index in [1.165, 1.54) is 22.6 Å². The van der Waals surface area contributed by atoms with Crippen molar-refractivity contribution in [3.63, 3.8) is 0 Å². The van der Waals surface area contributed by atoms with Crippen molar-refractivity contribution < 1.29 is 0 Å². The van der Waals surface area contributed by atoms with Gasteiger partial charge in [-0.05, 0) is 30.5 Å². The normalized spacial score (nSPS) is 19.5. The highest BCUT2D eigenvalue weighted by Crippen LogP contribution is 2.37. The highest BCUT2D eigenvalue weighted by Gasteiger charge is 2.21. The van der Waals surface area contributed by atoms with E-state index in [4.69, 9.17) is 0 Å². The Kier molecular flexibility index (Phi) is 3.71. The van der Waals surface area contributed by atoms with Crippen LogP contribution in [0.5, 0.6) is 0 Å². The summed E-state index contributed by atoms with van der Waals surface area (Å²) in [5, 5.41) is 3.65. The molecule has 1 aromatic carbocycles. The number of nitrogens with one attached hydrogen (secondary N) is 1. The van der Waals surface area contributed by atoms with Crippen LogP contribution in [0.4, 0.5) is 0 Å². The summed E-state index contributed by atoms with van der Waals surface area (Å²) in [5.41, 5.74) is 1.49. The molecule has 82 valence electrons. The van der Waals surface area contributed by atoms with Crippen LogP contribution < -0.4 is 5.32 Å². The lowest BCUT2D eigenvalue weighted by Gasteiger charge is -2.14. The zero-order valence-electron chi connectivity index (χ0n) is 9.49. The minimum Gasteiger partial charge on any atom is -0.309 e. The van der Waals surface area contributed by atoms with Gasteiger partial charge in [-0.25, -0.2) is 0 Å². The summed E-state index contributed by atoms with van der Waals surface area (Å²) < 4.78 is 0. The molecule has 1 aromatic rings. The fraction of sp³-hybridized carbons (Fsp3) is 0.538. The Morgan fingerprint density at radius 1 is 1.40 bits per heavy atom. The predicted octanol–water partition coefficient (Wildman–Crippen LogP) is 3.47. The molecule has 0 saturated heterocycles. The molecule has 15 heavy (non-hydrogen) atoms. The molecule has 1 heterocycles.